The SMILES string of the molecule is Cc1ccc(S(=O)(=O)NCCCC(=O)OC(C)(C)C)cc1. The predicted octanol–water partition coefficient (Wildman–Crippen LogP) is 2.40. The van der Waals surface area contributed by atoms with Gasteiger partial charge in [-0.25, -0.2) is 13.1 Å². The van der Waals surface area contributed by atoms with Crippen molar-refractivity contribution >= 4 is 16.0 Å². The van der Waals surface area contributed by atoms with Gasteiger partial charge in [0.25, 0.3) is 0 Å². The number of aryl methyl sites for hydroxylation is 1. The fraction of sp³-hybridized carbons (Fsp3) is 0.533. The highest BCUT2D eigenvalue weighted by Crippen LogP contribution is 2.11. The lowest BCUT2D eigenvalue weighted by molar-refractivity contribution is -0.154. The van der Waals surface area contributed by atoms with E-state index in [4.69, 9.17) is 4.74 Å². The molecule has 1 aromatic carbocycles. The van der Waals surface area contributed by atoms with Crippen molar-refractivity contribution < 1.29 is 17.9 Å². The largest absolute Gasteiger partial charge is 0.460 e. The molecule has 0 amide bonds. The molecule has 0 spiro atoms. The van der Waals surface area contributed by atoms with Crippen LogP contribution < -0.4 is 4.72 Å². The lowest BCUT2D eigenvalue weighted by Gasteiger charge is -2.19. The van der Waals surface area contributed by atoms with Crippen molar-refractivity contribution in [1.82, 2.24) is 4.72 Å². The van der Waals surface area contributed by atoms with Crippen LogP contribution in [0, 0.1) is 6.92 Å². The molecule has 21 heavy (non-hydrogen) atoms. The molecule has 5 nitrogen and oxygen atoms in total. The van der Waals surface area contributed by atoms with Gasteiger partial charge in [-0.3, -0.25) is 4.79 Å². The van der Waals surface area contributed by atoms with Crippen LogP contribution in [0.3, 0.4) is 0 Å². The molecule has 1 N–H and O–H groups in total. The van der Waals surface area contributed by atoms with E-state index in [-0.39, 0.29) is 23.8 Å². The average Bonchev–Trinajstić information content (AvgIpc) is 2.33. The summed E-state index contributed by atoms with van der Waals surface area (Å²) in [5.41, 5.74) is 0.484. The van der Waals surface area contributed by atoms with Crippen LogP contribution in [0.5, 0.6) is 0 Å². The first-order valence-electron chi connectivity index (χ1n) is 6.88. The summed E-state index contributed by atoms with van der Waals surface area (Å²) in [5, 5.41) is 0. The minimum absolute atomic E-state index is 0.188. The summed E-state index contributed by atoms with van der Waals surface area (Å²) in [7, 11) is -3.51. The molecular formula is C15H23NO4S. The molecule has 0 aliphatic heterocycles. The van der Waals surface area contributed by atoms with Gasteiger partial charge in [0.15, 0.2) is 0 Å². The Bertz CT molecular complexity index is 571. The molecular weight excluding hydrogens is 290 g/mol. The maximum atomic E-state index is 12.0. The Labute approximate surface area is 126 Å². The molecule has 0 unspecified atom stereocenters. The minimum Gasteiger partial charge on any atom is -0.460 e. The van der Waals surface area contributed by atoms with Gasteiger partial charge in [-0.15, -0.1) is 0 Å². The quantitative estimate of drug-likeness (QED) is 0.646. The van der Waals surface area contributed by atoms with E-state index in [0.717, 1.165) is 5.56 Å². The summed E-state index contributed by atoms with van der Waals surface area (Å²) >= 11 is 0. The van der Waals surface area contributed by atoms with Crippen LogP contribution in [-0.2, 0) is 19.6 Å². The number of ether oxygens (including phenoxy) is 1. The van der Waals surface area contributed by atoms with Gasteiger partial charge in [-0.05, 0) is 46.2 Å². The van der Waals surface area contributed by atoms with Crippen molar-refractivity contribution in [2.75, 3.05) is 6.54 Å². The number of hydrogen-bond donors (Lipinski definition) is 1. The van der Waals surface area contributed by atoms with E-state index in [1.165, 1.54) is 0 Å². The molecule has 0 saturated carbocycles. The molecule has 0 aromatic heterocycles. The Balaban J connectivity index is 2.41. The molecule has 118 valence electrons. The third-order valence-electron chi connectivity index (χ3n) is 2.60. The molecule has 0 heterocycles. The highest BCUT2D eigenvalue weighted by Gasteiger charge is 2.17. The standard InChI is InChI=1S/C15H23NO4S/c1-12-7-9-13(10-8-12)21(18,19)16-11-5-6-14(17)20-15(2,3)4/h7-10,16H,5-6,11H2,1-4H3. The zero-order valence-corrected chi connectivity index (χ0v) is 13.8. The molecule has 0 aliphatic rings. The van der Waals surface area contributed by atoms with Crippen LogP contribution >= 0.6 is 0 Å². The van der Waals surface area contributed by atoms with E-state index >= 15 is 0 Å². The molecule has 0 saturated heterocycles. The van der Waals surface area contributed by atoms with E-state index < -0.39 is 15.6 Å². The molecule has 1 rings (SSSR count). The second-order valence-corrected chi connectivity index (χ2v) is 7.67. The van der Waals surface area contributed by atoms with Crippen molar-refractivity contribution in [3.63, 3.8) is 0 Å². The van der Waals surface area contributed by atoms with Crippen LogP contribution in [-0.4, -0.2) is 26.5 Å². The number of esters is 1. The van der Waals surface area contributed by atoms with Crippen molar-refractivity contribution in [2.45, 2.75) is 51.0 Å². The highest BCUT2D eigenvalue weighted by molar-refractivity contribution is 7.89. The van der Waals surface area contributed by atoms with Crippen LogP contribution in [0.2, 0.25) is 0 Å². The smallest absolute Gasteiger partial charge is 0.306 e. The fourth-order valence-corrected chi connectivity index (χ4v) is 2.71. The number of rotatable bonds is 6. The summed E-state index contributed by atoms with van der Waals surface area (Å²) in [6.07, 6.45) is 0.591. The Hall–Kier alpha value is -1.40. The van der Waals surface area contributed by atoms with Gasteiger partial charge in [0, 0.05) is 13.0 Å². The Morgan fingerprint density at radius 2 is 1.76 bits per heavy atom. The Kier molecular flexibility index (Phi) is 5.92. The van der Waals surface area contributed by atoms with Gasteiger partial charge in [0.2, 0.25) is 10.0 Å². The molecule has 1 aromatic rings. The molecule has 6 heteroatoms. The maximum Gasteiger partial charge on any atom is 0.306 e. The number of sulfonamides is 1. The third kappa shape index (κ3) is 6.73. The third-order valence-corrected chi connectivity index (χ3v) is 4.08. The van der Waals surface area contributed by atoms with E-state index in [2.05, 4.69) is 4.72 Å². The monoisotopic (exact) mass is 313 g/mol. The predicted molar refractivity (Wildman–Crippen MR) is 81.4 cm³/mol. The van der Waals surface area contributed by atoms with Crippen molar-refractivity contribution in [3.05, 3.63) is 29.8 Å². The first-order chi connectivity index (χ1) is 9.60. The van der Waals surface area contributed by atoms with Crippen LogP contribution in [0.25, 0.3) is 0 Å². The molecule has 0 bridgehead atoms. The van der Waals surface area contributed by atoms with Crippen LogP contribution in [0.15, 0.2) is 29.2 Å². The lowest BCUT2D eigenvalue weighted by Crippen LogP contribution is -2.27. The number of hydrogen-bond acceptors (Lipinski definition) is 4. The van der Waals surface area contributed by atoms with Gasteiger partial charge >= 0.3 is 5.97 Å². The van der Waals surface area contributed by atoms with Gasteiger partial charge < -0.3 is 4.74 Å². The number of carbonyl (C=O) groups is 1. The molecule has 0 aliphatic carbocycles. The summed E-state index contributed by atoms with van der Waals surface area (Å²) in [4.78, 5) is 11.7. The van der Waals surface area contributed by atoms with Crippen LogP contribution in [0.4, 0.5) is 0 Å². The first-order valence-corrected chi connectivity index (χ1v) is 8.37. The van der Waals surface area contributed by atoms with Gasteiger partial charge in [0.05, 0.1) is 4.90 Å². The van der Waals surface area contributed by atoms with E-state index in [1.807, 2.05) is 6.92 Å². The van der Waals surface area contributed by atoms with Crippen molar-refractivity contribution in [1.29, 1.82) is 0 Å². The number of carbonyl (C=O) groups excluding carboxylic acids is 1. The summed E-state index contributed by atoms with van der Waals surface area (Å²) in [6.45, 7) is 7.49. The molecule has 0 radical (unpaired) electrons. The molecule has 0 fully saturated rings. The normalized spacial score (nSPS) is 12.2. The summed E-state index contributed by atoms with van der Waals surface area (Å²) in [5.74, 6) is -0.322. The van der Waals surface area contributed by atoms with E-state index in [1.54, 1.807) is 45.0 Å². The average molecular weight is 313 g/mol. The topological polar surface area (TPSA) is 72.5 Å². The Morgan fingerprint density at radius 3 is 2.29 bits per heavy atom. The molecule has 0 atom stereocenters. The first kappa shape index (κ1) is 17.7. The second kappa shape index (κ2) is 7.04. The van der Waals surface area contributed by atoms with Gasteiger partial charge in [-0.1, -0.05) is 17.7 Å². The minimum atomic E-state index is -3.51. The highest BCUT2D eigenvalue weighted by atomic mass is 32.2. The van der Waals surface area contributed by atoms with Crippen molar-refractivity contribution in [3.8, 4) is 0 Å². The second-order valence-electron chi connectivity index (χ2n) is 5.90. The number of benzene rings is 1. The van der Waals surface area contributed by atoms with E-state index in [0.29, 0.717) is 6.42 Å². The Morgan fingerprint density at radius 1 is 1.19 bits per heavy atom. The zero-order valence-electron chi connectivity index (χ0n) is 13.0. The summed E-state index contributed by atoms with van der Waals surface area (Å²) < 4.78 is 31.6. The summed E-state index contributed by atoms with van der Waals surface area (Å²) in [6, 6.07) is 6.61. The van der Waals surface area contributed by atoms with Gasteiger partial charge in [0.1, 0.15) is 5.60 Å². The van der Waals surface area contributed by atoms with Crippen molar-refractivity contribution in [2.24, 2.45) is 0 Å². The fourth-order valence-electron chi connectivity index (χ4n) is 1.63. The maximum absolute atomic E-state index is 12.0. The number of nitrogens with one attached hydrogen (secondary N) is 1. The zero-order chi connectivity index (χ0) is 16.1. The van der Waals surface area contributed by atoms with Gasteiger partial charge in [-0.2, -0.15) is 0 Å². The van der Waals surface area contributed by atoms with Crippen LogP contribution in [0.1, 0.15) is 39.2 Å². The van der Waals surface area contributed by atoms with E-state index in [9.17, 15) is 13.2 Å². The lowest BCUT2D eigenvalue weighted by atomic mass is 10.2.